The van der Waals surface area contributed by atoms with E-state index in [1.54, 1.807) is 35.9 Å². The molecule has 4 aromatic rings. The largest absolute Gasteiger partial charge is 0.490 e. The fraction of sp³-hybridized carbons (Fsp3) is 0.261. The first kappa shape index (κ1) is 27.1. The number of alkyl halides is 3. The molecule has 0 amide bonds. The number of benzene rings is 1. The first-order chi connectivity index (χ1) is 16.6. The van der Waals surface area contributed by atoms with Crippen LogP contribution in [-0.4, -0.2) is 40.2 Å². The number of aryl methyl sites for hydroxylation is 5. The summed E-state index contributed by atoms with van der Waals surface area (Å²) in [5, 5.41) is 7.95. The number of nitrogens with zero attached hydrogens (tertiary/aromatic N) is 3. The van der Waals surface area contributed by atoms with Gasteiger partial charge in [0.15, 0.2) is 5.03 Å². The molecule has 2 N–H and O–H groups in total. The monoisotopic (exact) mass is 540 g/mol. The van der Waals surface area contributed by atoms with Crippen molar-refractivity contribution in [2.75, 3.05) is 4.72 Å². The van der Waals surface area contributed by atoms with Crippen LogP contribution in [0.1, 0.15) is 22.0 Å². The molecule has 4 rings (SSSR count). The van der Waals surface area contributed by atoms with Crippen LogP contribution >= 0.6 is 11.3 Å². The topological polar surface area (TPSA) is 114 Å². The van der Waals surface area contributed by atoms with E-state index in [0.29, 0.717) is 11.5 Å². The van der Waals surface area contributed by atoms with Gasteiger partial charge in [-0.15, -0.1) is 11.3 Å². The molecule has 13 heteroatoms. The van der Waals surface area contributed by atoms with Crippen molar-refractivity contribution >= 4 is 43.2 Å². The van der Waals surface area contributed by atoms with Gasteiger partial charge in [0.05, 0.1) is 5.69 Å². The lowest BCUT2D eigenvalue weighted by Gasteiger charge is -2.11. The second-order valence-electron chi connectivity index (χ2n) is 8.04. The molecule has 0 aliphatic rings. The third-order valence-corrected chi connectivity index (χ3v) is 7.36. The molecule has 0 bridgehead atoms. The summed E-state index contributed by atoms with van der Waals surface area (Å²) in [6, 6.07) is 9.98. The van der Waals surface area contributed by atoms with Crippen molar-refractivity contribution in [2.24, 2.45) is 7.05 Å². The third-order valence-electron chi connectivity index (χ3n) is 5.12. The number of pyridine rings is 1. The number of fused-ring (bicyclic) bond motifs is 1. The van der Waals surface area contributed by atoms with Gasteiger partial charge < -0.3 is 9.67 Å². The van der Waals surface area contributed by atoms with Gasteiger partial charge in [0, 0.05) is 34.8 Å². The first-order valence-electron chi connectivity index (χ1n) is 10.4. The average molecular weight is 541 g/mol. The van der Waals surface area contributed by atoms with Gasteiger partial charge in [0.25, 0.3) is 10.0 Å². The quantitative estimate of drug-likeness (QED) is 0.360. The molecule has 3 heterocycles. The Bertz CT molecular complexity index is 1540. The van der Waals surface area contributed by atoms with Crippen molar-refractivity contribution in [3.8, 4) is 11.1 Å². The number of aliphatic carboxylic acids is 1. The number of hydrogen-bond donors (Lipinski definition) is 2. The van der Waals surface area contributed by atoms with Gasteiger partial charge in [0.1, 0.15) is 10.7 Å². The summed E-state index contributed by atoms with van der Waals surface area (Å²) in [5.74, 6) is -2.12. The van der Waals surface area contributed by atoms with E-state index < -0.39 is 22.2 Å². The Labute approximate surface area is 209 Å². The smallest absolute Gasteiger partial charge is 0.475 e. The molecule has 0 unspecified atom stereocenters. The number of nitrogens with one attached hydrogen (secondary N) is 1. The van der Waals surface area contributed by atoms with Gasteiger partial charge in [-0.2, -0.15) is 21.6 Å². The number of anilines is 1. The number of imidazole rings is 1. The van der Waals surface area contributed by atoms with Crippen LogP contribution in [0.3, 0.4) is 0 Å². The number of carboxylic acids is 1. The van der Waals surface area contributed by atoms with Crippen molar-refractivity contribution < 1.29 is 31.5 Å². The number of thiophene rings is 1. The minimum absolute atomic E-state index is 0.00386. The molecule has 0 aliphatic carbocycles. The lowest BCUT2D eigenvalue weighted by Crippen LogP contribution is -2.21. The Morgan fingerprint density at radius 1 is 1.11 bits per heavy atom. The Morgan fingerprint density at radius 3 is 2.28 bits per heavy atom. The van der Waals surface area contributed by atoms with Gasteiger partial charge in [-0.05, 0) is 39.3 Å². The van der Waals surface area contributed by atoms with Gasteiger partial charge >= 0.3 is 12.1 Å². The highest BCUT2D eigenvalue weighted by Crippen LogP contribution is 2.42. The number of sulfonamides is 1. The molecule has 0 spiro atoms. The van der Waals surface area contributed by atoms with E-state index in [0.717, 1.165) is 37.5 Å². The molecule has 36 heavy (non-hydrogen) atoms. The second-order valence-corrected chi connectivity index (χ2v) is 10.9. The van der Waals surface area contributed by atoms with Crippen LogP contribution in [-0.2, 0) is 21.9 Å². The van der Waals surface area contributed by atoms with Crippen molar-refractivity contribution in [1.29, 1.82) is 0 Å². The molecule has 0 aliphatic heterocycles. The summed E-state index contributed by atoms with van der Waals surface area (Å²) in [6.07, 6.45) is -3.57. The maximum absolute atomic E-state index is 13.0. The zero-order valence-electron chi connectivity index (χ0n) is 19.9. The molecule has 0 saturated heterocycles. The Morgan fingerprint density at radius 2 is 1.75 bits per heavy atom. The van der Waals surface area contributed by atoms with Crippen LogP contribution in [0.15, 0.2) is 41.6 Å². The maximum atomic E-state index is 13.0. The highest BCUT2D eigenvalue weighted by Gasteiger charge is 2.38. The summed E-state index contributed by atoms with van der Waals surface area (Å²) in [5.41, 5.74) is 4.48. The van der Waals surface area contributed by atoms with E-state index >= 15 is 0 Å². The highest BCUT2D eigenvalue weighted by atomic mass is 32.2. The van der Waals surface area contributed by atoms with Crippen molar-refractivity contribution in [2.45, 2.75) is 38.9 Å². The highest BCUT2D eigenvalue weighted by molar-refractivity contribution is 7.92. The molecule has 0 saturated carbocycles. The maximum Gasteiger partial charge on any atom is 0.490 e. The van der Waals surface area contributed by atoms with E-state index in [1.165, 1.54) is 6.20 Å². The van der Waals surface area contributed by atoms with E-state index in [2.05, 4.69) is 20.8 Å². The summed E-state index contributed by atoms with van der Waals surface area (Å²) in [7, 11) is -2.05. The van der Waals surface area contributed by atoms with Crippen LogP contribution in [0.25, 0.3) is 21.3 Å². The number of carboxylic acid groups (broad SMARTS) is 1. The lowest BCUT2D eigenvalue weighted by molar-refractivity contribution is -0.192. The number of halogens is 3. The molecule has 0 atom stereocenters. The molecule has 0 fully saturated rings. The van der Waals surface area contributed by atoms with Crippen LogP contribution in [0, 0.1) is 27.7 Å². The normalized spacial score (nSPS) is 11.8. The molecule has 8 nitrogen and oxygen atoms in total. The predicted octanol–water partition coefficient (Wildman–Crippen LogP) is 5.36. The standard InChI is InChI=1S/C21H22N4O2S2.C2HF3O2/c1-12-7-6-8-16(9-12)19-14(3)28-21-20(19)17(10-13(2)22-21)24-29(26,27)18-11-25(5)15(4)23-18;3-2(4,5)1(6)7/h6-11H,1-5H3,(H,22,24);(H,6,7). The minimum atomic E-state index is -5.08. The van der Waals surface area contributed by atoms with Crippen molar-refractivity contribution in [3.05, 3.63) is 58.5 Å². The molecule has 0 radical (unpaired) electrons. The second kappa shape index (κ2) is 9.90. The fourth-order valence-electron chi connectivity index (χ4n) is 3.41. The molecule has 192 valence electrons. The van der Waals surface area contributed by atoms with Gasteiger partial charge in [-0.3, -0.25) is 4.72 Å². The minimum Gasteiger partial charge on any atom is -0.475 e. The van der Waals surface area contributed by atoms with E-state index in [9.17, 15) is 21.6 Å². The summed E-state index contributed by atoms with van der Waals surface area (Å²) in [4.78, 5) is 19.6. The van der Waals surface area contributed by atoms with Crippen LogP contribution < -0.4 is 4.72 Å². The molecule has 1 aromatic carbocycles. The van der Waals surface area contributed by atoms with Gasteiger partial charge in [-0.1, -0.05) is 29.8 Å². The average Bonchev–Trinajstić information content (AvgIpc) is 3.26. The Hall–Kier alpha value is -3.45. The van der Waals surface area contributed by atoms with Gasteiger partial charge in [0.2, 0.25) is 0 Å². The van der Waals surface area contributed by atoms with E-state index in [1.807, 2.05) is 39.0 Å². The first-order valence-corrected chi connectivity index (χ1v) is 12.7. The fourth-order valence-corrected chi connectivity index (χ4v) is 5.63. The Balaban J connectivity index is 0.000000454. The van der Waals surface area contributed by atoms with Crippen LogP contribution in [0.4, 0.5) is 18.9 Å². The van der Waals surface area contributed by atoms with Crippen LogP contribution in [0.2, 0.25) is 0 Å². The SMILES string of the molecule is Cc1cccc(-c2c(C)sc3nc(C)cc(NS(=O)(=O)c4cn(C)c(C)n4)c23)c1.O=C(O)C(F)(F)F. The van der Waals surface area contributed by atoms with Crippen molar-refractivity contribution in [3.63, 3.8) is 0 Å². The summed E-state index contributed by atoms with van der Waals surface area (Å²) in [6.45, 7) is 7.72. The number of rotatable bonds is 4. The van der Waals surface area contributed by atoms with E-state index in [4.69, 9.17) is 9.90 Å². The lowest BCUT2D eigenvalue weighted by atomic mass is 10.0. The Kier molecular flexibility index (Phi) is 7.46. The van der Waals surface area contributed by atoms with Gasteiger partial charge in [-0.25, -0.2) is 14.8 Å². The zero-order chi connectivity index (χ0) is 27.0. The summed E-state index contributed by atoms with van der Waals surface area (Å²) >= 11 is 1.57. The number of aromatic nitrogens is 3. The predicted molar refractivity (Wildman–Crippen MR) is 132 cm³/mol. The summed E-state index contributed by atoms with van der Waals surface area (Å²) < 4.78 is 62.2. The molecular formula is C23H23F3N4O4S2. The van der Waals surface area contributed by atoms with Crippen LogP contribution in [0.5, 0.6) is 0 Å². The van der Waals surface area contributed by atoms with E-state index in [-0.39, 0.29) is 5.03 Å². The zero-order valence-corrected chi connectivity index (χ0v) is 21.6. The third kappa shape index (κ3) is 5.85. The number of carbonyl (C=O) groups is 1. The number of hydrogen-bond acceptors (Lipinski definition) is 6. The molecular weight excluding hydrogens is 517 g/mol. The molecule has 3 aromatic heterocycles. The van der Waals surface area contributed by atoms with Crippen molar-refractivity contribution in [1.82, 2.24) is 14.5 Å².